The highest BCUT2D eigenvalue weighted by Gasteiger charge is 2.34. The first-order valence-electron chi connectivity index (χ1n) is 9.02. The number of carbonyl (C=O) groups excluding carboxylic acids is 3. The topological polar surface area (TPSA) is 84.9 Å². The fourth-order valence-corrected chi connectivity index (χ4v) is 3.52. The van der Waals surface area contributed by atoms with Crippen LogP contribution in [-0.2, 0) is 9.59 Å². The van der Waals surface area contributed by atoms with Crippen LogP contribution in [-0.4, -0.2) is 24.9 Å². The lowest BCUT2D eigenvalue weighted by molar-refractivity contribution is -0.117. The highest BCUT2D eigenvalue weighted by molar-refractivity contribution is 7.12. The minimum Gasteiger partial charge on any atom is -0.493 e. The van der Waals surface area contributed by atoms with Gasteiger partial charge in [-0.3, -0.25) is 15.0 Å². The molecule has 9 heteroatoms. The molecule has 1 N–H and O–H groups in total. The van der Waals surface area contributed by atoms with E-state index in [0.29, 0.717) is 10.4 Å². The van der Waals surface area contributed by atoms with Crippen molar-refractivity contribution in [1.29, 1.82) is 0 Å². The summed E-state index contributed by atoms with van der Waals surface area (Å²) < 4.78 is 24.1. The van der Waals surface area contributed by atoms with Gasteiger partial charge in [-0.1, -0.05) is 18.2 Å². The second kappa shape index (κ2) is 8.41. The van der Waals surface area contributed by atoms with Gasteiger partial charge >= 0.3 is 5.97 Å². The van der Waals surface area contributed by atoms with Crippen LogP contribution in [0.5, 0.6) is 11.5 Å². The molecule has 0 bridgehead atoms. The quantitative estimate of drug-likeness (QED) is 0.285. The van der Waals surface area contributed by atoms with E-state index in [1.165, 1.54) is 54.9 Å². The summed E-state index contributed by atoms with van der Waals surface area (Å²) in [4.78, 5) is 37.6. The molecule has 1 aliphatic heterocycles. The molecule has 4 rings (SSSR count). The van der Waals surface area contributed by atoms with E-state index in [2.05, 4.69) is 5.43 Å². The molecule has 2 heterocycles. The number of thiophene rings is 1. The number of nitrogens with zero attached hydrogens (tertiary/aromatic N) is 1. The number of ether oxygens (including phenoxy) is 2. The van der Waals surface area contributed by atoms with E-state index < -0.39 is 23.6 Å². The third-order valence-electron chi connectivity index (χ3n) is 4.38. The van der Waals surface area contributed by atoms with Gasteiger partial charge in [0.15, 0.2) is 11.5 Å². The van der Waals surface area contributed by atoms with Gasteiger partial charge < -0.3 is 9.47 Å². The summed E-state index contributed by atoms with van der Waals surface area (Å²) in [5, 5.41) is 2.74. The Morgan fingerprint density at radius 3 is 2.65 bits per heavy atom. The number of hydrazine groups is 1. The number of amides is 2. The maximum absolute atomic E-state index is 13.5. The molecule has 2 amide bonds. The van der Waals surface area contributed by atoms with Crippen molar-refractivity contribution < 1.29 is 28.2 Å². The number of rotatable bonds is 5. The third-order valence-corrected chi connectivity index (χ3v) is 5.23. The first kappa shape index (κ1) is 20.3. The van der Waals surface area contributed by atoms with Crippen LogP contribution in [0.3, 0.4) is 0 Å². The summed E-state index contributed by atoms with van der Waals surface area (Å²) in [5.41, 5.74) is 2.96. The Morgan fingerprint density at radius 2 is 1.94 bits per heavy atom. The average molecular weight is 438 g/mol. The molecule has 0 unspecified atom stereocenters. The number of benzene rings is 2. The lowest BCUT2D eigenvalue weighted by Gasteiger charge is -2.14. The van der Waals surface area contributed by atoms with E-state index in [-0.39, 0.29) is 22.8 Å². The molecule has 3 aromatic rings. The number of hydrogen-bond acceptors (Lipinski definition) is 6. The molecule has 1 aliphatic rings. The van der Waals surface area contributed by atoms with Gasteiger partial charge in [0.2, 0.25) is 0 Å². The number of methoxy groups -OCH3 is 1. The second-order valence-electron chi connectivity index (χ2n) is 6.40. The number of nitrogens with one attached hydrogen (secondary N) is 1. The summed E-state index contributed by atoms with van der Waals surface area (Å²) in [5.74, 6) is -1.84. The third kappa shape index (κ3) is 4.17. The van der Waals surface area contributed by atoms with Crippen LogP contribution in [0.4, 0.5) is 10.1 Å². The van der Waals surface area contributed by atoms with Crippen molar-refractivity contribution >= 4 is 40.9 Å². The molecule has 1 aromatic heterocycles. The first-order valence-corrected chi connectivity index (χ1v) is 9.90. The molecule has 0 spiro atoms. The van der Waals surface area contributed by atoms with E-state index in [4.69, 9.17) is 9.47 Å². The minimum absolute atomic E-state index is 0.130. The molecule has 1 fully saturated rings. The molecule has 7 nitrogen and oxygen atoms in total. The second-order valence-corrected chi connectivity index (χ2v) is 7.34. The Kier molecular flexibility index (Phi) is 5.50. The van der Waals surface area contributed by atoms with Crippen LogP contribution < -0.4 is 19.9 Å². The van der Waals surface area contributed by atoms with Crippen molar-refractivity contribution in [2.75, 3.05) is 12.1 Å². The number of hydrogen-bond donors (Lipinski definition) is 1. The highest BCUT2D eigenvalue weighted by Crippen LogP contribution is 2.31. The van der Waals surface area contributed by atoms with Gasteiger partial charge in [0.1, 0.15) is 16.3 Å². The largest absolute Gasteiger partial charge is 0.493 e. The van der Waals surface area contributed by atoms with E-state index >= 15 is 0 Å². The summed E-state index contributed by atoms with van der Waals surface area (Å²) in [6, 6.07) is 13.3. The van der Waals surface area contributed by atoms with Gasteiger partial charge in [-0.15, -0.1) is 11.3 Å². The molecule has 2 aromatic carbocycles. The summed E-state index contributed by atoms with van der Waals surface area (Å²) >= 11 is 1.25. The van der Waals surface area contributed by atoms with Crippen molar-refractivity contribution in [3.63, 3.8) is 0 Å². The molecule has 0 saturated carbocycles. The Balaban J connectivity index is 1.58. The molecular weight excluding hydrogens is 423 g/mol. The first-order chi connectivity index (χ1) is 15.0. The Morgan fingerprint density at radius 1 is 1.10 bits per heavy atom. The van der Waals surface area contributed by atoms with Gasteiger partial charge in [-0.2, -0.15) is 0 Å². The molecular formula is C22H15FN2O5S. The van der Waals surface area contributed by atoms with Gasteiger partial charge in [-0.05, 0) is 53.4 Å². The lowest BCUT2D eigenvalue weighted by atomic mass is 10.1. The van der Waals surface area contributed by atoms with Crippen molar-refractivity contribution in [3.05, 3.63) is 81.8 Å². The summed E-state index contributed by atoms with van der Waals surface area (Å²) in [6.45, 7) is 0. The fourth-order valence-electron chi connectivity index (χ4n) is 2.92. The molecule has 0 aliphatic carbocycles. The number of carbonyl (C=O) groups is 3. The zero-order valence-electron chi connectivity index (χ0n) is 16.1. The monoisotopic (exact) mass is 438 g/mol. The minimum atomic E-state index is -0.624. The summed E-state index contributed by atoms with van der Waals surface area (Å²) in [7, 11) is 1.41. The van der Waals surface area contributed by atoms with E-state index in [1.54, 1.807) is 23.6 Å². The van der Waals surface area contributed by atoms with E-state index in [9.17, 15) is 18.8 Å². The van der Waals surface area contributed by atoms with Crippen molar-refractivity contribution in [2.45, 2.75) is 0 Å². The van der Waals surface area contributed by atoms with Crippen LogP contribution in [0.2, 0.25) is 0 Å². The van der Waals surface area contributed by atoms with Crippen molar-refractivity contribution in [3.8, 4) is 11.5 Å². The zero-order chi connectivity index (χ0) is 22.0. The molecule has 1 saturated heterocycles. The predicted molar refractivity (Wildman–Crippen MR) is 112 cm³/mol. The zero-order valence-corrected chi connectivity index (χ0v) is 16.9. The Labute approximate surface area is 180 Å². The van der Waals surface area contributed by atoms with Crippen LogP contribution in [0.1, 0.15) is 15.2 Å². The van der Waals surface area contributed by atoms with Gasteiger partial charge in [-0.25, -0.2) is 14.2 Å². The standard InChI is InChI=1S/C22H15FN2O5S/c1-29-18-11-13(7-8-17(18)30-22(28)19-6-3-9-31-19)10-16-20(26)24-25(21(16)27)15-5-2-4-14(23)12-15/h2-12H,1H3,(H,24,26). The van der Waals surface area contributed by atoms with E-state index in [0.717, 1.165) is 11.1 Å². The smallest absolute Gasteiger partial charge is 0.353 e. The van der Waals surface area contributed by atoms with Crippen molar-refractivity contribution in [1.82, 2.24) is 5.43 Å². The molecule has 31 heavy (non-hydrogen) atoms. The lowest BCUT2D eigenvalue weighted by Crippen LogP contribution is -2.35. The van der Waals surface area contributed by atoms with Gasteiger partial charge in [0.25, 0.3) is 11.8 Å². The summed E-state index contributed by atoms with van der Waals surface area (Å²) in [6.07, 6.45) is 1.38. The Bertz CT molecular complexity index is 1210. The number of esters is 1. The average Bonchev–Trinajstić information content (AvgIpc) is 3.39. The van der Waals surface area contributed by atoms with Crippen molar-refractivity contribution in [2.24, 2.45) is 0 Å². The highest BCUT2D eigenvalue weighted by atomic mass is 32.1. The molecule has 0 atom stereocenters. The van der Waals surface area contributed by atoms with Crippen LogP contribution in [0.25, 0.3) is 6.08 Å². The van der Waals surface area contributed by atoms with E-state index in [1.807, 2.05) is 0 Å². The van der Waals surface area contributed by atoms with Crippen LogP contribution in [0, 0.1) is 5.82 Å². The molecule has 156 valence electrons. The Hall–Kier alpha value is -3.98. The van der Waals surface area contributed by atoms with Crippen LogP contribution >= 0.6 is 11.3 Å². The number of halogens is 1. The SMILES string of the molecule is COc1cc(C=C2C(=O)NN(c3cccc(F)c3)C2=O)ccc1OC(=O)c1cccs1. The van der Waals surface area contributed by atoms with Gasteiger partial charge in [0, 0.05) is 0 Å². The number of anilines is 1. The predicted octanol–water partition coefficient (Wildman–Crippen LogP) is 3.58. The normalized spacial score (nSPS) is 14.6. The fraction of sp³-hybridized carbons (Fsp3) is 0.0455. The van der Waals surface area contributed by atoms with Crippen LogP contribution in [0.15, 0.2) is 65.6 Å². The molecule has 0 radical (unpaired) electrons. The maximum atomic E-state index is 13.5. The maximum Gasteiger partial charge on any atom is 0.353 e. The van der Waals surface area contributed by atoms with Gasteiger partial charge in [0.05, 0.1) is 12.8 Å².